The van der Waals surface area contributed by atoms with Crippen LogP contribution >= 0.6 is 11.3 Å². The molecule has 0 atom stereocenters. The van der Waals surface area contributed by atoms with Gasteiger partial charge in [-0.25, -0.2) is 4.79 Å². The first kappa shape index (κ1) is 12.4. The summed E-state index contributed by atoms with van der Waals surface area (Å²) in [5.41, 5.74) is 0.687. The van der Waals surface area contributed by atoms with Gasteiger partial charge >= 0.3 is 5.97 Å². The molecule has 0 saturated carbocycles. The van der Waals surface area contributed by atoms with Gasteiger partial charge in [0.15, 0.2) is 0 Å². The maximum atomic E-state index is 11.8. The molecule has 0 aliphatic heterocycles. The van der Waals surface area contributed by atoms with Crippen molar-refractivity contribution in [3.05, 3.63) is 34.9 Å². The summed E-state index contributed by atoms with van der Waals surface area (Å²) in [7, 11) is 0. The molecule has 0 aliphatic rings. The molecule has 0 aliphatic carbocycles. The van der Waals surface area contributed by atoms with E-state index in [2.05, 4.69) is 0 Å². The minimum absolute atomic E-state index is 0.186. The molecule has 2 aromatic heterocycles. The van der Waals surface area contributed by atoms with Crippen LogP contribution in [0.4, 0.5) is 0 Å². The lowest BCUT2D eigenvalue weighted by atomic mass is 10.2. The van der Waals surface area contributed by atoms with Gasteiger partial charge in [0.1, 0.15) is 10.6 Å². The third kappa shape index (κ3) is 2.44. The van der Waals surface area contributed by atoms with Gasteiger partial charge in [-0.1, -0.05) is 0 Å². The average Bonchev–Trinajstić information content (AvgIpc) is 2.97. The predicted octanol–water partition coefficient (Wildman–Crippen LogP) is 3.25. The fourth-order valence-corrected chi connectivity index (χ4v) is 2.60. The van der Waals surface area contributed by atoms with Gasteiger partial charge in [-0.2, -0.15) is 5.26 Å². The lowest BCUT2D eigenvalue weighted by Crippen LogP contribution is -2.04. The van der Waals surface area contributed by atoms with E-state index in [9.17, 15) is 4.79 Å². The minimum Gasteiger partial charge on any atom is -0.464 e. The van der Waals surface area contributed by atoms with Crippen molar-refractivity contribution in [2.24, 2.45) is 0 Å². The number of thiophene rings is 1. The van der Waals surface area contributed by atoms with Crippen molar-refractivity contribution >= 4 is 17.3 Å². The second-order valence-corrected chi connectivity index (χ2v) is 4.55. The normalized spacial score (nSPS) is 10.0. The molecule has 0 amide bonds. The topological polar surface area (TPSA) is 63.2 Å². The molecular weight excluding hydrogens is 250 g/mol. The molecule has 2 rings (SSSR count). The number of hydrogen-bond acceptors (Lipinski definition) is 5. The summed E-state index contributed by atoms with van der Waals surface area (Å²) in [6, 6.07) is 7.45. The van der Waals surface area contributed by atoms with Crippen LogP contribution in [-0.4, -0.2) is 12.6 Å². The van der Waals surface area contributed by atoms with E-state index < -0.39 is 0 Å². The van der Waals surface area contributed by atoms with E-state index in [0.717, 1.165) is 4.88 Å². The number of esters is 1. The SMILES string of the molecule is CCOC(=O)c1sc(-c2ccco2)cc1CC#N. The van der Waals surface area contributed by atoms with Gasteiger partial charge in [-0.15, -0.1) is 11.3 Å². The van der Waals surface area contributed by atoms with E-state index in [4.69, 9.17) is 14.4 Å². The van der Waals surface area contributed by atoms with Crippen LogP contribution in [-0.2, 0) is 11.2 Å². The smallest absolute Gasteiger partial charge is 0.348 e. The molecule has 0 unspecified atom stereocenters. The lowest BCUT2D eigenvalue weighted by Gasteiger charge is -1.99. The zero-order chi connectivity index (χ0) is 13.0. The van der Waals surface area contributed by atoms with Crippen LogP contribution in [0.5, 0.6) is 0 Å². The highest BCUT2D eigenvalue weighted by Gasteiger charge is 2.18. The van der Waals surface area contributed by atoms with Crippen LogP contribution in [0.3, 0.4) is 0 Å². The summed E-state index contributed by atoms with van der Waals surface area (Å²) in [5, 5.41) is 8.77. The summed E-state index contributed by atoms with van der Waals surface area (Å²) in [5.74, 6) is 0.306. The Bertz CT molecular complexity index is 578. The maximum Gasteiger partial charge on any atom is 0.348 e. The molecule has 5 heteroatoms. The Morgan fingerprint density at radius 2 is 2.44 bits per heavy atom. The fraction of sp³-hybridized carbons (Fsp3) is 0.231. The Morgan fingerprint density at radius 1 is 1.61 bits per heavy atom. The van der Waals surface area contributed by atoms with Crippen molar-refractivity contribution in [2.75, 3.05) is 6.61 Å². The van der Waals surface area contributed by atoms with E-state index in [-0.39, 0.29) is 12.4 Å². The number of nitrogens with zero attached hydrogens (tertiary/aromatic N) is 1. The van der Waals surface area contributed by atoms with Gasteiger partial charge in [0.05, 0.1) is 30.2 Å². The molecule has 0 aromatic carbocycles. The number of ether oxygens (including phenoxy) is 1. The summed E-state index contributed by atoms with van der Waals surface area (Å²) in [4.78, 5) is 13.1. The number of carbonyl (C=O) groups is 1. The predicted molar refractivity (Wildman–Crippen MR) is 67.3 cm³/mol. The molecule has 0 fully saturated rings. The molecule has 0 N–H and O–H groups in total. The summed E-state index contributed by atoms with van der Waals surface area (Å²) >= 11 is 1.29. The van der Waals surface area contributed by atoms with Crippen molar-refractivity contribution in [1.29, 1.82) is 5.26 Å². The van der Waals surface area contributed by atoms with E-state index in [1.807, 2.05) is 12.1 Å². The standard InChI is InChI=1S/C13H11NO3S/c1-2-16-13(15)12-9(5-6-14)8-11(18-12)10-4-3-7-17-10/h3-4,7-8H,2,5H2,1H3. The monoisotopic (exact) mass is 261 g/mol. The molecule has 0 bridgehead atoms. The third-order valence-electron chi connectivity index (χ3n) is 2.30. The molecule has 92 valence electrons. The highest BCUT2D eigenvalue weighted by molar-refractivity contribution is 7.17. The molecular formula is C13H11NO3S. The molecule has 0 radical (unpaired) electrons. The van der Waals surface area contributed by atoms with Crippen LogP contribution in [0, 0.1) is 11.3 Å². The largest absolute Gasteiger partial charge is 0.464 e. The van der Waals surface area contributed by atoms with E-state index >= 15 is 0 Å². The Morgan fingerprint density at radius 3 is 3.06 bits per heavy atom. The Labute approximate surface area is 108 Å². The maximum absolute atomic E-state index is 11.8. The number of hydrogen-bond donors (Lipinski definition) is 0. The number of rotatable bonds is 4. The molecule has 4 nitrogen and oxygen atoms in total. The summed E-state index contributed by atoms with van der Waals surface area (Å²) in [6.45, 7) is 2.07. The van der Waals surface area contributed by atoms with E-state index in [1.165, 1.54) is 11.3 Å². The molecule has 2 heterocycles. The van der Waals surface area contributed by atoms with E-state index in [0.29, 0.717) is 22.8 Å². The first-order chi connectivity index (χ1) is 8.76. The van der Waals surface area contributed by atoms with Crippen LogP contribution in [0.1, 0.15) is 22.2 Å². The third-order valence-corrected chi connectivity index (χ3v) is 3.48. The Hall–Kier alpha value is -2.06. The minimum atomic E-state index is -0.384. The number of nitriles is 1. The van der Waals surface area contributed by atoms with E-state index in [1.54, 1.807) is 25.3 Å². The summed E-state index contributed by atoms with van der Waals surface area (Å²) < 4.78 is 10.3. The number of carbonyl (C=O) groups excluding carboxylic acids is 1. The molecule has 0 spiro atoms. The lowest BCUT2D eigenvalue weighted by molar-refractivity contribution is 0.0531. The Balaban J connectivity index is 2.39. The molecule has 0 saturated heterocycles. The van der Waals surface area contributed by atoms with Gasteiger partial charge in [-0.05, 0) is 30.7 Å². The van der Waals surface area contributed by atoms with Crippen LogP contribution in [0.25, 0.3) is 10.6 Å². The second-order valence-electron chi connectivity index (χ2n) is 3.50. The molecule has 18 heavy (non-hydrogen) atoms. The highest BCUT2D eigenvalue weighted by Crippen LogP contribution is 2.32. The quantitative estimate of drug-likeness (QED) is 0.792. The molecule has 2 aromatic rings. The highest BCUT2D eigenvalue weighted by atomic mass is 32.1. The van der Waals surface area contributed by atoms with Gasteiger partial charge < -0.3 is 9.15 Å². The van der Waals surface area contributed by atoms with Crippen molar-refractivity contribution in [2.45, 2.75) is 13.3 Å². The fourth-order valence-electron chi connectivity index (χ4n) is 1.55. The van der Waals surface area contributed by atoms with Crippen molar-refractivity contribution in [3.8, 4) is 16.7 Å². The zero-order valence-electron chi connectivity index (χ0n) is 9.80. The zero-order valence-corrected chi connectivity index (χ0v) is 10.6. The van der Waals surface area contributed by atoms with Gasteiger partial charge in [0.2, 0.25) is 0 Å². The number of furan rings is 1. The van der Waals surface area contributed by atoms with Gasteiger partial charge in [-0.3, -0.25) is 0 Å². The Kier molecular flexibility index (Phi) is 3.80. The van der Waals surface area contributed by atoms with Crippen LogP contribution in [0.2, 0.25) is 0 Å². The van der Waals surface area contributed by atoms with Crippen molar-refractivity contribution in [1.82, 2.24) is 0 Å². The first-order valence-electron chi connectivity index (χ1n) is 5.47. The second kappa shape index (κ2) is 5.52. The van der Waals surface area contributed by atoms with Gasteiger partial charge in [0.25, 0.3) is 0 Å². The average molecular weight is 261 g/mol. The van der Waals surface area contributed by atoms with Crippen LogP contribution < -0.4 is 0 Å². The first-order valence-corrected chi connectivity index (χ1v) is 6.28. The van der Waals surface area contributed by atoms with Gasteiger partial charge in [0, 0.05) is 0 Å². The van der Waals surface area contributed by atoms with Crippen molar-refractivity contribution in [3.63, 3.8) is 0 Å². The van der Waals surface area contributed by atoms with Crippen LogP contribution in [0.15, 0.2) is 28.9 Å². The summed E-state index contributed by atoms with van der Waals surface area (Å²) in [6.07, 6.45) is 1.76. The van der Waals surface area contributed by atoms with Crippen molar-refractivity contribution < 1.29 is 13.9 Å².